The number of aromatic nitrogens is 2. The number of rotatable bonds is 9. The summed E-state index contributed by atoms with van der Waals surface area (Å²) in [6.07, 6.45) is 3.64. The van der Waals surface area contributed by atoms with Gasteiger partial charge in [0.05, 0.1) is 31.0 Å². The van der Waals surface area contributed by atoms with Crippen LogP contribution in [0.1, 0.15) is 47.6 Å². The molecule has 0 radical (unpaired) electrons. The summed E-state index contributed by atoms with van der Waals surface area (Å²) in [5.41, 5.74) is 4.84. The minimum absolute atomic E-state index is 0.00954. The Kier molecular flexibility index (Phi) is 7.78. The fraction of sp³-hybridized carbons (Fsp3) is 0.583. The van der Waals surface area contributed by atoms with Crippen molar-refractivity contribution in [1.82, 2.24) is 24.7 Å². The van der Waals surface area contributed by atoms with E-state index in [2.05, 4.69) is 50.6 Å². The van der Waals surface area contributed by atoms with Crippen molar-refractivity contribution in [2.24, 2.45) is 0 Å². The predicted molar refractivity (Wildman–Crippen MR) is 130 cm³/mol. The molecule has 0 saturated carbocycles. The van der Waals surface area contributed by atoms with Gasteiger partial charge in [-0.15, -0.1) is 0 Å². The first kappa shape index (κ1) is 23.2. The molecule has 174 valence electrons. The van der Waals surface area contributed by atoms with E-state index in [4.69, 9.17) is 17.0 Å². The first-order valence-corrected chi connectivity index (χ1v) is 12.1. The van der Waals surface area contributed by atoms with Crippen LogP contribution in [0, 0.1) is 13.8 Å². The van der Waals surface area contributed by atoms with Gasteiger partial charge in [-0.3, -0.25) is 9.88 Å². The van der Waals surface area contributed by atoms with Gasteiger partial charge < -0.3 is 24.6 Å². The Bertz CT molecular complexity index is 897. The van der Waals surface area contributed by atoms with Crippen LogP contribution in [-0.4, -0.2) is 75.6 Å². The average molecular weight is 458 g/mol. The van der Waals surface area contributed by atoms with Gasteiger partial charge in [0, 0.05) is 56.9 Å². The first-order chi connectivity index (χ1) is 15.6. The van der Waals surface area contributed by atoms with Gasteiger partial charge in [-0.1, -0.05) is 6.07 Å². The minimum atomic E-state index is -0.00954. The van der Waals surface area contributed by atoms with Gasteiger partial charge in [0.1, 0.15) is 0 Å². The summed E-state index contributed by atoms with van der Waals surface area (Å²) < 4.78 is 7.91. The Labute approximate surface area is 196 Å². The number of ether oxygens (including phenoxy) is 1. The van der Waals surface area contributed by atoms with Crippen molar-refractivity contribution < 1.29 is 9.84 Å². The van der Waals surface area contributed by atoms with Gasteiger partial charge >= 0.3 is 0 Å². The molecule has 4 heterocycles. The summed E-state index contributed by atoms with van der Waals surface area (Å²) in [6, 6.07) is 8.38. The molecule has 0 spiro atoms. The van der Waals surface area contributed by atoms with Crippen LogP contribution in [0.2, 0.25) is 0 Å². The van der Waals surface area contributed by atoms with Crippen LogP contribution >= 0.6 is 12.2 Å². The van der Waals surface area contributed by atoms with Crippen molar-refractivity contribution in [2.45, 2.75) is 45.3 Å². The second-order valence-electron chi connectivity index (χ2n) is 8.68. The van der Waals surface area contributed by atoms with E-state index in [1.807, 2.05) is 18.3 Å². The highest BCUT2D eigenvalue weighted by molar-refractivity contribution is 7.80. The van der Waals surface area contributed by atoms with Crippen LogP contribution in [0.25, 0.3) is 0 Å². The molecule has 0 amide bonds. The van der Waals surface area contributed by atoms with Gasteiger partial charge in [0.25, 0.3) is 0 Å². The zero-order chi connectivity index (χ0) is 22.5. The third-order valence-electron chi connectivity index (χ3n) is 6.65. The molecule has 8 heteroatoms. The quantitative estimate of drug-likeness (QED) is 0.561. The van der Waals surface area contributed by atoms with Crippen LogP contribution < -0.4 is 5.32 Å². The van der Waals surface area contributed by atoms with E-state index in [-0.39, 0.29) is 18.7 Å². The van der Waals surface area contributed by atoms with Crippen LogP contribution in [0.15, 0.2) is 30.5 Å². The number of aliphatic hydroxyl groups is 1. The van der Waals surface area contributed by atoms with Crippen molar-refractivity contribution in [3.63, 3.8) is 0 Å². The molecule has 0 bridgehead atoms. The van der Waals surface area contributed by atoms with Gasteiger partial charge in [-0.05, 0) is 62.7 Å². The average Bonchev–Trinajstić information content (AvgIpc) is 3.29. The minimum Gasteiger partial charge on any atom is -0.396 e. The fourth-order valence-corrected chi connectivity index (χ4v) is 5.31. The third-order valence-corrected chi connectivity index (χ3v) is 7.00. The maximum Gasteiger partial charge on any atom is 0.170 e. The molecule has 0 aliphatic carbocycles. The van der Waals surface area contributed by atoms with E-state index in [9.17, 15) is 5.11 Å². The maximum absolute atomic E-state index is 9.44. The standard InChI is InChI=1S/C24H35N5O2S/c1-18-17-20(19(2)28(18)10-5-9-27-12-15-31-16-13-27)23-22(21-7-3-4-8-25-21)26-24(32)29(23)11-6-14-30/h3-4,7-8,17,22-23,30H,5-6,9-16H2,1-2H3,(H,26,32)/t22-,23-/m1/s1. The van der Waals surface area contributed by atoms with Crippen LogP contribution in [0.3, 0.4) is 0 Å². The predicted octanol–water partition coefficient (Wildman–Crippen LogP) is 2.58. The second-order valence-corrected chi connectivity index (χ2v) is 9.07. The molecule has 2 atom stereocenters. The Morgan fingerprint density at radius 3 is 2.69 bits per heavy atom. The number of morpholine rings is 1. The van der Waals surface area contributed by atoms with Crippen LogP contribution in [-0.2, 0) is 11.3 Å². The molecule has 7 nitrogen and oxygen atoms in total. The summed E-state index contributed by atoms with van der Waals surface area (Å²) in [4.78, 5) is 9.34. The number of hydrogen-bond donors (Lipinski definition) is 2. The Morgan fingerprint density at radius 2 is 1.97 bits per heavy atom. The molecular formula is C24H35N5O2S. The Morgan fingerprint density at radius 1 is 1.16 bits per heavy atom. The van der Waals surface area contributed by atoms with Crippen molar-refractivity contribution >= 4 is 17.3 Å². The molecule has 2 N–H and O–H groups in total. The SMILES string of the molecule is Cc1cc([C@@H]2[C@@H](c3ccccn3)NC(=S)N2CCCO)c(C)n1CCCN1CCOCC1. The summed E-state index contributed by atoms with van der Waals surface area (Å²) in [7, 11) is 0. The molecule has 4 rings (SSSR count). The summed E-state index contributed by atoms with van der Waals surface area (Å²) >= 11 is 5.72. The van der Waals surface area contributed by atoms with E-state index >= 15 is 0 Å². The van der Waals surface area contributed by atoms with Gasteiger partial charge in [0.2, 0.25) is 0 Å². The van der Waals surface area contributed by atoms with Crippen LogP contribution in [0.5, 0.6) is 0 Å². The molecule has 2 saturated heterocycles. The summed E-state index contributed by atoms with van der Waals surface area (Å²) in [5, 5.41) is 13.7. The lowest BCUT2D eigenvalue weighted by atomic mass is 9.96. The second kappa shape index (κ2) is 10.7. The molecule has 2 aliphatic heterocycles. The van der Waals surface area contributed by atoms with Crippen LogP contribution in [0.4, 0.5) is 0 Å². The number of nitrogens with one attached hydrogen (secondary N) is 1. The topological polar surface area (TPSA) is 65.8 Å². The Balaban J connectivity index is 1.56. The molecule has 32 heavy (non-hydrogen) atoms. The molecule has 0 aromatic carbocycles. The number of thiocarbonyl (C=S) groups is 1. The van der Waals surface area contributed by atoms with E-state index in [1.165, 1.54) is 17.0 Å². The number of pyridine rings is 1. The molecule has 2 fully saturated rings. The van der Waals surface area contributed by atoms with E-state index < -0.39 is 0 Å². The normalized spacial score (nSPS) is 21.8. The zero-order valence-electron chi connectivity index (χ0n) is 19.2. The van der Waals surface area contributed by atoms with E-state index in [0.717, 1.165) is 63.2 Å². The summed E-state index contributed by atoms with van der Waals surface area (Å²) in [5.74, 6) is 0. The molecule has 2 aliphatic rings. The zero-order valence-corrected chi connectivity index (χ0v) is 20.0. The number of nitrogens with zero attached hydrogens (tertiary/aromatic N) is 4. The number of aliphatic hydroxyl groups excluding tert-OH is 1. The van der Waals surface area contributed by atoms with Crippen molar-refractivity contribution in [3.05, 3.63) is 53.1 Å². The first-order valence-electron chi connectivity index (χ1n) is 11.7. The molecule has 2 aromatic heterocycles. The maximum atomic E-state index is 9.44. The van der Waals surface area contributed by atoms with E-state index in [1.54, 1.807) is 0 Å². The van der Waals surface area contributed by atoms with Crippen molar-refractivity contribution in [3.8, 4) is 0 Å². The third kappa shape index (κ3) is 4.98. The van der Waals surface area contributed by atoms with Gasteiger partial charge in [-0.25, -0.2) is 0 Å². The number of aryl methyl sites for hydroxylation is 1. The highest BCUT2D eigenvalue weighted by Gasteiger charge is 2.40. The molecule has 0 unspecified atom stereocenters. The largest absolute Gasteiger partial charge is 0.396 e. The Hall–Kier alpha value is -2.00. The highest BCUT2D eigenvalue weighted by Crippen LogP contribution is 2.40. The van der Waals surface area contributed by atoms with Crippen molar-refractivity contribution in [1.29, 1.82) is 0 Å². The van der Waals surface area contributed by atoms with Crippen molar-refractivity contribution in [2.75, 3.05) is 46.0 Å². The molecule has 2 aromatic rings. The van der Waals surface area contributed by atoms with Gasteiger partial charge in [-0.2, -0.15) is 0 Å². The lowest BCUT2D eigenvalue weighted by Crippen LogP contribution is -2.37. The van der Waals surface area contributed by atoms with Gasteiger partial charge in [0.15, 0.2) is 5.11 Å². The summed E-state index contributed by atoms with van der Waals surface area (Å²) in [6.45, 7) is 11.2. The lowest BCUT2D eigenvalue weighted by Gasteiger charge is -2.28. The lowest BCUT2D eigenvalue weighted by molar-refractivity contribution is 0.0369. The fourth-order valence-electron chi connectivity index (χ4n) is 4.97. The molecular weight excluding hydrogens is 422 g/mol. The monoisotopic (exact) mass is 457 g/mol. The number of hydrogen-bond acceptors (Lipinski definition) is 5. The highest BCUT2D eigenvalue weighted by atomic mass is 32.1. The van der Waals surface area contributed by atoms with E-state index in [0.29, 0.717) is 6.42 Å². The smallest absolute Gasteiger partial charge is 0.170 e.